The molecule has 2 heterocycles. The fraction of sp³-hybridized carbons (Fsp3) is 0.562. The van der Waals surface area contributed by atoms with Crippen LogP contribution in [0.4, 0.5) is 0 Å². The molecule has 1 aromatic heterocycles. The van der Waals surface area contributed by atoms with Gasteiger partial charge in [0.05, 0.1) is 6.61 Å². The average Bonchev–Trinajstić information content (AvgIpc) is 3.04. The number of ether oxygens (including phenoxy) is 1. The lowest BCUT2D eigenvalue weighted by Crippen LogP contribution is -2.44. The lowest BCUT2D eigenvalue weighted by Gasteiger charge is -2.33. The SMILES string of the molecule is C=CCCO[C@H](C)C(=O)N1CCC[C@@H](c2cc(C(N)=O)n[nH]2)C1. The van der Waals surface area contributed by atoms with Crippen molar-refractivity contribution in [3.63, 3.8) is 0 Å². The Hall–Kier alpha value is -2.15. The normalized spacial score (nSPS) is 19.3. The van der Waals surface area contributed by atoms with Crippen LogP contribution in [0.2, 0.25) is 0 Å². The molecule has 23 heavy (non-hydrogen) atoms. The van der Waals surface area contributed by atoms with Gasteiger partial charge in [-0.15, -0.1) is 6.58 Å². The lowest BCUT2D eigenvalue weighted by molar-refractivity contribution is -0.143. The van der Waals surface area contributed by atoms with Gasteiger partial charge in [-0.3, -0.25) is 14.7 Å². The van der Waals surface area contributed by atoms with Crippen molar-refractivity contribution in [2.24, 2.45) is 5.73 Å². The molecule has 0 unspecified atom stereocenters. The molecule has 1 aliphatic rings. The summed E-state index contributed by atoms with van der Waals surface area (Å²) in [5, 5.41) is 6.77. The number of piperidine rings is 1. The van der Waals surface area contributed by atoms with E-state index in [1.54, 1.807) is 19.1 Å². The van der Waals surface area contributed by atoms with Crippen molar-refractivity contribution in [3.05, 3.63) is 30.1 Å². The van der Waals surface area contributed by atoms with Gasteiger partial charge in [-0.05, 0) is 32.3 Å². The van der Waals surface area contributed by atoms with E-state index in [4.69, 9.17) is 10.5 Å². The Kier molecular flexibility index (Phi) is 5.92. The van der Waals surface area contributed by atoms with Gasteiger partial charge < -0.3 is 15.4 Å². The van der Waals surface area contributed by atoms with Crippen LogP contribution >= 0.6 is 0 Å². The Labute approximate surface area is 135 Å². The molecule has 0 aliphatic carbocycles. The number of aromatic amines is 1. The first kappa shape index (κ1) is 17.2. The van der Waals surface area contributed by atoms with Gasteiger partial charge in [0, 0.05) is 24.7 Å². The predicted molar refractivity (Wildman–Crippen MR) is 85.9 cm³/mol. The highest BCUT2D eigenvalue weighted by Gasteiger charge is 2.29. The van der Waals surface area contributed by atoms with E-state index in [-0.39, 0.29) is 17.5 Å². The Morgan fingerprint density at radius 2 is 2.43 bits per heavy atom. The highest BCUT2D eigenvalue weighted by Crippen LogP contribution is 2.26. The van der Waals surface area contributed by atoms with Crippen LogP contribution in [0.3, 0.4) is 0 Å². The number of likely N-dealkylation sites (tertiary alicyclic amines) is 1. The van der Waals surface area contributed by atoms with Crippen LogP contribution in [-0.4, -0.2) is 52.7 Å². The molecule has 1 aliphatic heterocycles. The van der Waals surface area contributed by atoms with Crippen molar-refractivity contribution < 1.29 is 14.3 Å². The molecule has 126 valence electrons. The fourth-order valence-electron chi connectivity index (χ4n) is 2.76. The summed E-state index contributed by atoms with van der Waals surface area (Å²) < 4.78 is 5.53. The summed E-state index contributed by atoms with van der Waals surface area (Å²) in [7, 11) is 0. The van der Waals surface area contributed by atoms with Crippen molar-refractivity contribution in [2.45, 2.75) is 38.2 Å². The van der Waals surface area contributed by atoms with Gasteiger partial charge >= 0.3 is 0 Å². The Balaban J connectivity index is 1.95. The van der Waals surface area contributed by atoms with E-state index in [0.29, 0.717) is 13.2 Å². The van der Waals surface area contributed by atoms with E-state index < -0.39 is 12.0 Å². The van der Waals surface area contributed by atoms with Crippen molar-refractivity contribution in [2.75, 3.05) is 19.7 Å². The van der Waals surface area contributed by atoms with E-state index >= 15 is 0 Å². The molecule has 0 bridgehead atoms. The van der Waals surface area contributed by atoms with Crippen molar-refractivity contribution in [1.29, 1.82) is 0 Å². The molecule has 7 heteroatoms. The van der Waals surface area contributed by atoms with Crippen LogP contribution in [-0.2, 0) is 9.53 Å². The molecule has 1 fully saturated rings. The number of nitrogens with one attached hydrogen (secondary N) is 1. The summed E-state index contributed by atoms with van der Waals surface area (Å²) in [6.45, 7) is 7.22. The largest absolute Gasteiger partial charge is 0.368 e. The van der Waals surface area contributed by atoms with E-state index in [9.17, 15) is 9.59 Å². The summed E-state index contributed by atoms with van der Waals surface area (Å²) in [5.74, 6) is -0.428. The summed E-state index contributed by atoms with van der Waals surface area (Å²) in [6, 6.07) is 1.67. The number of nitrogens with zero attached hydrogens (tertiary/aromatic N) is 2. The molecular weight excluding hydrogens is 296 g/mol. The minimum absolute atomic E-state index is 0.00611. The zero-order valence-corrected chi connectivity index (χ0v) is 13.5. The molecule has 0 saturated carbocycles. The number of amides is 2. The maximum Gasteiger partial charge on any atom is 0.269 e. The van der Waals surface area contributed by atoms with E-state index in [1.165, 1.54) is 0 Å². The Bertz CT molecular complexity index is 569. The number of carbonyl (C=O) groups is 2. The quantitative estimate of drug-likeness (QED) is 0.582. The van der Waals surface area contributed by atoms with E-state index in [2.05, 4.69) is 16.8 Å². The number of hydrogen-bond acceptors (Lipinski definition) is 4. The second-order valence-electron chi connectivity index (χ2n) is 5.79. The van der Waals surface area contributed by atoms with Gasteiger partial charge in [0.1, 0.15) is 11.8 Å². The van der Waals surface area contributed by atoms with Gasteiger partial charge in [0.15, 0.2) is 0 Å². The predicted octanol–water partition coefficient (Wildman–Crippen LogP) is 1.20. The van der Waals surface area contributed by atoms with Gasteiger partial charge in [-0.2, -0.15) is 5.10 Å². The molecular formula is C16H24N4O3. The first-order valence-corrected chi connectivity index (χ1v) is 7.89. The number of primary amides is 1. The third-order valence-corrected chi connectivity index (χ3v) is 4.06. The number of hydrogen-bond donors (Lipinski definition) is 2. The molecule has 2 rings (SSSR count). The first-order chi connectivity index (χ1) is 11.0. The molecule has 0 radical (unpaired) electrons. The van der Waals surface area contributed by atoms with Crippen LogP contribution in [0, 0.1) is 0 Å². The van der Waals surface area contributed by atoms with Crippen LogP contribution in [0.5, 0.6) is 0 Å². The van der Waals surface area contributed by atoms with Crippen LogP contribution in [0.15, 0.2) is 18.7 Å². The number of nitrogens with two attached hydrogens (primary N) is 1. The lowest BCUT2D eigenvalue weighted by atomic mass is 9.94. The van der Waals surface area contributed by atoms with E-state index in [0.717, 1.165) is 31.5 Å². The fourth-order valence-corrected chi connectivity index (χ4v) is 2.76. The Morgan fingerprint density at radius 3 is 3.09 bits per heavy atom. The Morgan fingerprint density at radius 1 is 1.65 bits per heavy atom. The summed E-state index contributed by atoms with van der Waals surface area (Å²) in [5.41, 5.74) is 6.29. The average molecular weight is 320 g/mol. The molecule has 7 nitrogen and oxygen atoms in total. The molecule has 0 spiro atoms. The zero-order valence-electron chi connectivity index (χ0n) is 13.5. The third kappa shape index (κ3) is 4.41. The molecule has 0 aromatic carbocycles. The zero-order chi connectivity index (χ0) is 16.8. The van der Waals surface area contributed by atoms with Crippen LogP contribution < -0.4 is 5.73 Å². The molecule has 1 saturated heterocycles. The maximum absolute atomic E-state index is 12.5. The first-order valence-electron chi connectivity index (χ1n) is 7.89. The molecule has 2 atom stereocenters. The summed E-state index contributed by atoms with van der Waals surface area (Å²) >= 11 is 0. The summed E-state index contributed by atoms with van der Waals surface area (Å²) in [4.78, 5) is 25.4. The second kappa shape index (κ2) is 7.92. The number of rotatable bonds is 7. The number of carbonyl (C=O) groups excluding carboxylic acids is 2. The highest BCUT2D eigenvalue weighted by atomic mass is 16.5. The summed E-state index contributed by atoms with van der Waals surface area (Å²) in [6.07, 6.45) is 3.88. The monoisotopic (exact) mass is 320 g/mol. The van der Waals surface area contributed by atoms with Crippen molar-refractivity contribution in [1.82, 2.24) is 15.1 Å². The van der Waals surface area contributed by atoms with Crippen molar-refractivity contribution in [3.8, 4) is 0 Å². The second-order valence-corrected chi connectivity index (χ2v) is 5.79. The van der Waals surface area contributed by atoms with Crippen LogP contribution in [0.25, 0.3) is 0 Å². The molecule has 1 aromatic rings. The molecule has 3 N–H and O–H groups in total. The maximum atomic E-state index is 12.5. The van der Waals surface area contributed by atoms with Gasteiger partial charge in [0.2, 0.25) is 0 Å². The minimum atomic E-state index is -0.555. The smallest absolute Gasteiger partial charge is 0.269 e. The van der Waals surface area contributed by atoms with Gasteiger partial charge in [-0.25, -0.2) is 0 Å². The minimum Gasteiger partial charge on any atom is -0.368 e. The number of H-pyrrole nitrogens is 1. The van der Waals surface area contributed by atoms with Crippen LogP contribution in [0.1, 0.15) is 48.3 Å². The van der Waals surface area contributed by atoms with Crippen molar-refractivity contribution >= 4 is 11.8 Å². The third-order valence-electron chi connectivity index (χ3n) is 4.06. The standard InChI is InChI=1S/C16H24N4O3/c1-3-4-8-23-11(2)16(22)20-7-5-6-12(10-20)13-9-14(15(17)21)19-18-13/h3,9,11-12H,1,4-8,10H2,2H3,(H2,17,21)(H,18,19)/t11-,12-/m1/s1. The molecule has 2 amide bonds. The van der Waals surface area contributed by atoms with E-state index in [1.807, 2.05) is 4.90 Å². The topological polar surface area (TPSA) is 101 Å². The van der Waals surface area contributed by atoms with Gasteiger partial charge in [0.25, 0.3) is 11.8 Å². The number of aromatic nitrogens is 2. The highest BCUT2D eigenvalue weighted by molar-refractivity contribution is 5.90. The van der Waals surface area contributed by atoms with Gasteiger partial charge in [-0.1, -0.05) is 6.08 Å².